The summed E-state index contributed by atoms with van der Waals surface area (Å²) in [6.07, 6.45) is 4.08. The molecule has 0 fully saturated rings. The van der Waals surface area contributed by atoms with E-state index >= 15 is 0 Å². The van der Waals surface area contributed by atoms with Crippen molar-refractivity contribution in [3.63, 3.8) is 0 Å². The Labute approximate surface area is 130 Å². The zero-order chi connectivity index (χ0) is 13.9. The summed E-state index contributed by atoms with van der Waals surface area (Å²) in [5.41, 5.74) is 2.36. The fraction of sp³-hybridized carbons (Fsp3) is 0.267. The molecule has 0 unspecified atom stereocenters. The third-order valence-electron chi connectivity index (χ3n) is 3.29. The minimum absolute atomic E-state index is 0.859. The van der Waals surface area contributed by atoms with Gasteiger partial charge in [-0.2, -0.15) is 0 Å². The maximum atomic E-state index is 4.54. The van der Waals surface area contributed by atoms with Crippen LogP contribution >= 0.6 is 27.3 Å². The van der Waals surface area contributed by atoms with E-state index in [-0.39, 0.29) is 0 Å². The molecule has 20 heavy (non-hydrogen) atoms. The molecule has 1 N–H and O–H groups in total. The van der Waals surface area contributed by atoms with Crippen LogP contribution in [0.15, 0.2) is 40.4 Å². The molecule has 0 radical (unpaired) electrons. The fourth-order valence-electron chi connectivity index (χ4n) is 2.31. The van der Waals surface area contributed by atoms with Crippen molar-refractivity contribution < 1.29 is 0 Å². The molecule has 0 saturated carbocycles. The first-order valence-electron chi connectivity index (χ1n) is 6.65. The minimum atomic E-state index is 0.859. The second-order valence-electron chi connectivity index (χ2n) is 4.63. The highest BCUT2D eigenvalue weighted by molar-refractivity contribution is 9.10. The van der Waals surface area contributed by atoms with Crippen LogP contribution in [0.3, 0.4) is 0 Å². The van der Waals surface area contributed by atoms with Crippen molar-refractivity contribution in [3.8, 4) is 0 Å². The van der Waals surface area contributed by atoms with Gasteiger partial charge < -0.3 is 9.88 Å². The summed E-state index contributed by atoms with van der Waals surface area (Å²) in [4.78, 5) is 5.87. The molecule has 5 heteroatoms. The molecule has 0 aliphatic carbocycles. The molecule has 0 aromatic carbocycles. The maximum Gasteiger partial charge on any atom is 0.140 e. The van der Waals surface area contributed by atoms with E-state index in [1.54, 1.807) is 11.3 Å². The van der Waals surface area contributed by atoms with Crippen LogP contribution in [0.4, 0.5) is 0 Å². The van der Waals surface area contributed by atoms with Crippen molar-refractivity contribution in [2.45, 2.75) is 20.0 Å². The number of thiophene rings is 1. The molecule has 0 atom stereocenters. The number of nitrogens with one attached hydrogen (secondary N) is 1. The predicted octanol–water partition coefficient (Wildman–Crippen LogP) is 4.02. The Morgan fingerprint density at radius 3 is 3.05 bits per heavy atom. The summed E-state index contributed by atoms with van der Waals surface area (Å²) in [5.74, 6) is 0. The Balaban J connectivity index is 2.00. The lowest BCUT2D eigenvalue weighted by Gasteiger charge is -2.03. The van der Waals surface area contributed by atoms with Gasteiger partial charge in [-0.3, -0.25) is 0 Å². The van der Waals surface area contributed by atoms with Gasteiger partial charge in [-0.15, -0.1) is 11.3 Å². The quantitative estimate of drug-likeness (QED) is 0.753. The fourth-order valence-corrected chi connectivity index (χ4v) is 3.78. The van der Waals surface area contributed by atoms with Crippen molar-refractivity contribution in [2.75, 3.05) is 6.54 Å². The smallest absolute Gasteiger partial charge is 0.140 e. The predicted molar refractivity (Wildman–Crippen MR) is 88.2 cm³/mol. The van der Waals surface area contributed by atoms with Crippen LogP contribution in [-0.4, -0.2) is 16.1 Å². The van der Waals surface area contributed by atoms with Crippen LogP contribution in [0.5, 0.6) is 0 Å². The van der Waals surface area contributed by atoms with E-state index in [0.717, 1.165) is 25.3 Å². The van der Waals surface area contributed by atoms with E-state index in [2.05, 4.69) is 61.4 Å². The summed E-state index contributed by atoms with van der Waals surface area (Å²) >= 11 is 5.37. The van der Waals surface area contributed by atoms with Gasteiger partial charge in [0.05, 0.1) is 6.54 Å². The highest BCUT2D eigenvalue weighted by Gasteiger charge is 2.10. The van der Waals surface area contributed by atoms with E-state index in [9.17, 15) is 0 Å². The van der Waals surface area contributed by atoms with Gasteiger partial charge in [0.25, 0.3) is 0 Å². The first-order valence-corrected chi connectivity index (χ1v) is 8.32. The van der Waals surface area contributed by atoms with Crippen molar-refractivity contribution >= 4 is 38.3 Å². The molecule has 0 aliphatic heterocycles. The molecule has 0 bridgehead atoms. The van der Waals surface area contributed by atoms with Gasteiger partial charge in [0.1, 0.15) is 5.65 Å². The van der Waals surface area contributed by atoms with Crippen molar-refractivity contribution in [3.05, 3.63) is 50.9 Å². The largest absolute Gasteiger partial charge is 0.327 e. The molecule has 3 heterocycles. The third-order valence-corrected chi connectivity index (χ3v) is 5.20. The Kier molecular flexibility index (Phi) is 4.19. The number of hydrogen-bond acceptors (Lipinski definition) is 3. The molecule has 0 amide bonds. The summed E-state index contributed by atoms with van der Waals surface area (Å²) < 4.78 is 3.41. The second-order valence-corrected chi connectivity index (χ2v) is 6.48. The maximum absolute atomic E-state index is 4.54. The molecule has 3 aromatic heterocycles. The average molecular weight is 350 g/mol. The summed E-state index contributed by atoms with van der Waals surface area (Å²) in [5, 5.41) is 6.74. The number of rotatable bonds is 5. The van der Waals surface area contributed by atoms with Crippen LogP contribution in [0.2, 0.25) is 0 Å². The highest BCUT2D eigenvalue weighted by atomic mass is 79.9. The Morgan fingerprint density at radius 1 is 1.40 bits per heavy atom. The SMILES string of the molecule is CCNCc1cn(Cc2sccc2Br)c2ncccc12. The van der Waals surface area contributed by atoms with Gasteiger partial charge in [0.15, 0.2) is 0 Å². The molecule has 0 saturated heterocycles. The van der Waals surface area contributed by atoms with Gasteiger partial charge in [-0.05, 0) is 51.6 Å². The Hall–Kier alpha value is -1.17. The number of nitrogens with zero attached hydrogens (tertiary/aromatic N) is 2. The number of pyridine rings is 1. The van der Waals surface area contributed by atoms with E-state index in [0.29, 0.717) is 0 Å². The van der Waals surface area contributed by atoms with Gasteiger partial charge in [-0.1, -0.05) is 6.92 Å². The summed E-state index contributed by atoms with van der Waals surface area (Å²) in [7, 11) is 0. The van der Waals surface area contributed by atoms with Crippen LogP contribution < -0.4 is 5.32 Å². The van der Waals surface area contributed by atoms with Gasteiger partial charge in [-0.25, -0.2) is 4.98 Å². The van der Waals surface area contributed by atoms with E-state index in [1.165, 1.54) is 20.3 Å². The van der Waals surface area contributed by atoms with E-state index in [4.69, 9.17) is 0 Å². The number of halogens is 1. The molecule has 3 aromatic rings. The molecular weight excluding hydrogens is 334 g/mol. The van der Waals surface area contributed by atoms with Gasteiger partial charge in [0, 0.05) is 33.7 Å². The number of hydrogen-bond donors (Lipinski definition) is 1. The van der Waals surface area contributed by atoms with E-state index < -0.39 is 0 Å². The first-order chi connectivity index (χ1) is 9.79. The molecule has 3 rings (SSSR count). The second kappa shape index (κ2) is 6.08. The highest BCUT2D eigenvalue weighted by Crippen LogP contribution is 2.26. The molecule has 0 aliphatic rings. The normalized spacial score (nSPS) is 11.3. The minimum Gasteiger partial charge on any atom is -0.327 e. The standard InChI is InChI=1S/C15H16BrN3S/c1-2-17-8-11-9-19(10-14-13(16)5-7-20-14)15-12(11)4-3-6-18-15/h3-7,9,17H,2,8,10H2,1H3. The van der Waals surface area contributed by atoms with Crippen LogP contribution in [0.25, 0.3) is 11.0 Å². The van der Waals surface area contributed by atoms with Crippen LogP contribution in [0, 0.1) is 0 Å². The van der Waals surface area contributed by atoms with Crippen molar-refractivity contribution in [2.24, 2.45) is 0 Å². The number of aromatic nitrogens is 2. The Morgan fingerprint density at radius 2 is 2.30 bits per heavy atom. The van der Waals surface area contributed by atoms with Gasteiger partial charge >= 0.3 is 0 Å². The number of fused-ring (bicyclic) bond motifs is 1. The molecule has 3 nitrogen and oxygen atoms in total. The zero-order valence-electron chi connectivity index (χ0n) is 11.3. The van der Waals surface area contributed by atoms with Crippen molar-refractivity contribution in [1.82, 2.24) is 14.9 Å². The summed E-state index contributed by atoms with van der Waals surface area (Å²) in [6.45, 7) is 4.85. The molecule has 0 spiro atoms. The monoisotopic (exact) mass is 349 g/mol. The lowest BCUT2D eigenvalue weighted by atomic mass is 10.2. The van der Waals surface area contributed by atoms with Crippen LogP contribution in [-0.2, 0) is 13.1 Å². The Bertz CT molecular complexity index is 717. The average Bonchev–Trinajstić information content (AvgIpc) is 3.02. The summed E-state index contributed by atoms with van der Waals surface area (Å²) in [6, 6.07) is 6.25. The molecule has 104 valence electrons. The lowest BCUT2D eigenvalue weighted by Crippen LogP contribution is -2.11. The third kappa shape index (κ3) is 2.66. The zero-order valence-corrected chi connectivity index (χ0v) is 13.7. The van der Waals surface area contributed by atoms with E-state index in [1.807, 2.05) is 12.3 Å². The van der Waals surface area contributed by atoms with Crippen molar-refractivity contribution in [1.29, 1.82) is 0 Å². The topological polar surface area (TPSA) is 29.9 Å². The van der Waals surface area contributed by atoms with Crippen LogP contribution in [0.1, 0.15) is 17.4 Å². The van der Waals surface area contributed by atoms with Gasteiger partial charge in [0.2, 0.25) is 0 Å². The molecular formula is C15H16BrN3S. The first kappa shape index (κ1) is 13.8. The lowest BCUT2D eigenvalue weighted by molar-refractivity contribution is 0.724.